The summed E-state index contributed by atoms with van der Waals surface area (Å²) < 4.78 is 0. The van der Waals surface area contributed by atoms with Gasteiger partial charge in [-0.1, -0.05) is 171 Å². The van der Waals surface area contributed by atoms with E-state index < -0.39 is 8.07 Å². The van der Waals surface area contributed by atoms with Gasteiger partial charge in [-0.3, -0.25) is 0 Å². The van der Waals surface area contributed by atoms with Crippen molar-refractivity contribution in [3.8, 4) is 22.3 Å². The average molecular weight is 773 g/mol. The van der Waals surface area contributed by atoms with Crippen LogP contribution in [-0.4, -0.2) is 14.1 Å². The summed E-state index contributed by atoms with van der Waals surface area (Å²) >= 11 is 0. The highest BCUT2D eigenvalue weighted by molar-refractivity contribution is 7.04. The topological polar surface area (TPSA) is 6.48 Å². The first-order chi connectivity index (χ1) is 29.0. The van der Waals surface area contributed by atoms with Crippen molar-refractivity contribution in [3.63, 3.8) is 0 Å². The van der Waals surface area contributed by atoms with Gasteiger partial charge in [-0.15, -0.1) is 0 Å². The van der Waals surface area contributed by atoms with Gasteiger partial charge < -0.3 is 9.80 Å². The lowest BCUT2D eigenvalue weighted by molar-refractivity contribution is 0.789. The SMILES string of the molecule is C[Si]1(C)c2ccccc2-c2cc3c(N(c4ccccc4)C4C=CC=CC4)c4ccc(-c5ccc6ccccc6c5)cc4c(N(c4ccccc4)c4ccccc4)c3cc21. The van der Waals surface area contributed by atoms with Crippen LogP contribution >= 0.6 is 0 Å². The molecule has 0 aromatic heterocycles. The van der Waals surface area contributed by atoms with Crippen molar-refractivity contribution in [1.82, 2.24) is 0 Å². The zero-order chi connectivity index (χ0) is 39.5. The number of fused-ring (bicyclic) bond motifs is 6. The first-order valence-corrected chi connectivity index (χ1v) is 23.8. The van der Waals surface area contributed by atoms with Crippen molar-refractivity contribution in [1.29, 1.82) is 0 Å². The third-order valence-corrected chi connectivity index (χ3v) is 16.2. The third kappa shape index (κ3) is 5.84. The summed E-state index contributed by atoms with van der Waals surface area (Å²) in [6.45, 7) is 5.06. The second-order valence-corrected chi connectivity index (χ2v) is 20.8. The number of rotatable bonds is 7. The lowest BCUT2D eigenvalue weighted by Crippen LogP contribution is -2.49. The van der Waals surface area contributed by atoms with Crippen LogP contribution in [0.4, 0.5) is 28.4 Å². The van der Waals surface area contributed by atoms with Crippen molar-refractivity contribution < 1.29 is 0 Å². The molecule has 1 aliphatic heterocycles. The van der Waals surface area contributed by atoms with Crippen molar-refractivity contribution in [2.24, 2.45) is 0 Å². The first-order valence-electron chi connectivity index (χ1n) is 20.8. The van der Waals surface area contributed by atoms with Gasteiger partial charge in [0.25, 0.3) is 0 Å². The van der Waals surface area contributed by atoms with E-state index in [1.807, 2.05) is 0 Å². The summed E-state index contributed by atoms with van der Waals surface area (Å²) in [7, 11) is -2.07. The molecule has 9 aromatic carbocycles. The van der Waals surface area contributed by atoms with Crippen LogP contribution in [0.15, 0.2) is 212 Å². The van der Waals surface area contributed by atoms with E-state index in [-0.39, 0.29) is 6.04 Å². The van der Waals surface area contributed by atoms with Crippen molar-refractivity contribution >= 4 is 79.2 Å². The Morgan fingerprint density at radius 2 is 1.03 bits per heavy atom. The minimum absolute atomic E-state index is 0.130. The molecule has 0 fully saturated rings. The molecular formula is C56H44N2Si. The number of hydrogen-bond acceptors (Lipinski definition) is 2. The second kappa shape index (κ2) is 14.2. The van der Waals surface area contributed by atoms with E-state index in [1.54, 1.807) is 0 Å². The summed E-state index contributed by atoms with van der Waals surface area (Å²) in [4.78, 5) is 5.13. The molecule has 0 saturated carbocycles. The predicted octanol–water partition coefficient (Wildman–Crippen LogP) is 14.1. The Kier molecular flexibility index (Phi) is 8.46. The molecule has 0 spiro atoms. The molecule has 1 atom stereocenters. The lowest BCUT2D eigenvalue weighted by Gasteiger charge is -2.37. The molecule has 2 nitrogen and oxygen atoms in total. The maximum absolute atomic E-state index is 2.62. The standard InChI is InChI=1S/C56H44N2Si/c1-59(2)53-30-18-17-29-47(53)49-37-51-52(38-54(49)59)56(58(45-25-11-5-12-26-45)46-27-13-6-14-28-46)50-36-42(41-32-31-39-19-15-16-20-40(39)35-41)33-34-48(50)55(51)57(43-21-7-3-8-22-43)44-23-9-4-10-24-44/h3-23,25-38,44H,24H2,1-2H3. The molecule has 9 aromatic rings. The van der Waals surface area contributed by atoms with Crippen LogP contribution in [0.2, 0.25) is 13.1 Å². The summed E-state index contributed by atoms with van der Waals surface area (Å²) in [5, 5.41) is 10.5. The molecule has 0 saturated heterocycles. The zero-order valence-corrected chi connectivity index (χ0v) is 34.4. The molecule has 2 aliphatic rings. The van der Waals surface area contributed by atoms with Crippen LogP contribution in [0.5, 0.6) is 0 Å². The Morgan fingerprint density at radius 1 is 0.441 bits per heavy atom. The highest BCUT2D eigenvalue weighted by Crippen LogP contribution is 2.52. The Morgan fingerprint density at radius 3 is 1.75 bits per heavy atom. The van der Waals surface area contributed by atoms with Gasteiger partial charge in [-0.05, 0) is 104 Å². The van der Waals surface area contributed by atoms with E-state index in [9.17, 15) is 0 Å². The summed E-state index contributed by atoms with van der Waals surface area (Å²) in [5.41, 5.74) is 11.1. The summed E-state index contributed by atoms with van der Waals surface area (Å²) in [6.07, 6.45) is 10.0. The number of para-hydroxylation sites is 3. The second-order valence-electron chi connectivity index (χ2n) is 16.5. The van der Waals surface area contributed by atoms with Gasteiger partial charge in [0.15, 0.2) is 0 Å². The smallest absolute Gasteiger partial charge is 0.113 e. The average Bonchev–Trinajstić information content (AvgIpc) is 3.52. The third-order valence-electron chi connectivity index (χ3n) is 12.7. The minimum Gasteiger partial charge on any atom is -0.333 e. The number of benzene rings is 9. The molecular weight excluding hydrogens is 729 g/mol. The molecule has 1 unspecified atom stereocenters. The zero-order valence-electron chi connectivity index (χ0n) is 33.4. The fourth-order valence-corrected chi connectivity index (χ4v) is 12.9. The quantitative estimate of drug-likeness (QED) is 0.0904. The molecule has 0 radical (unpaired) electrons. The normalized spacial score (nSPS) is 15.1. The van der Waals surface area contributed by atoms with E-state index >= 15 is 0 Å². The molecule has 0 bridgehead atoms. The number of allylic oxidation sites excluding steroid dienone is 2. The molecule has 282 valence electrons. The van der Waals surface area contributed by atoms with Gasteiger partial charge in [0, 0.05) is 38.6 Å². The van der Waals surface area contributed by atoms with Gasteiger partial charge in [0.2, 0.25) is 0 Å². The van der Waals surface area contributed by atoms with Crippen LogP contribution in [0.1, 0.15) is 6.42 Å². The Bertz CT molecular complexity index is 3070. The van der Waals surface area contributed by atoms with Gasteiger partial charge in [0.1, 0.15) is 8.07 Å². The van der Waals surface area contributed by atoms with Gasteiger partial charge >= 0.3 is 0 Å². The van der Waals surface area contributed by atoms with Crippen LogP contribution < -0.4 is 20.2 Å². The molecule has 3 heteroatoms. The van der Waals surface area contributed by atoms with E-state index in [4.69, 9.17) is 0 Å². The van der Waals surface area contributed by atoms with Gasteiger partial charge in [0.05, 0.1) is 17.4 Å². The highest BCUT2D eigenvalue weighted by atomic mass is 28.3. The molecule has 59 heavy (non-hydrogen) atoms. The highest BCUT2D eigenvalue weighted by Gasteiger charge is 2.39. The maximum Gasteiger partial charge on any atom is 0.113 e. The van der Waals surface area contributed by atoms with Crippen LogP contribution in [0.3, 0.4) is 0 Å². The summed E-state index contributed by atoms with van der Waals surface area (Å²) in [5.74, 6) is 0. The van der Waals surface area contributed by atoms with E-state index in [0.29, 0.717) is 0 Å². The maximum atomic E-state index is 2.62. The largest absolute Gasteiger partial charge is 0.333 e. The van der Waals surface area contributed by atoms with Crippen LogP contribution in [-0.2, 0) is 0 Å². The predicted molar refractivity (Wildman–Crippen MR) is 257 cm³/mol. The van der Waals surface area contributed by atoms with Crippen molar-refractivity contribution in [3.05, 3.63) is 212 Å². The van der Waals surface area contributed by atoms with Gasteiger partial charge in [-0.25, -0.2) is 0 Å². The fraction of sp³-hybridized carbons (Fsp3) is 0.0714. The summed E-state index contributed by atoms with van der Waals surface area (Å²) in [6, 6.07) is 70.2. The first kappa shape index (κ1) is 35.2. The number of hydrogen-bond donors (Lipinski definition) is 0. The molecule has 11 rings (SSSR count). The molecule has 1 heterocycles. The van der Waals surface area contributed by atoms with Crippen LogP contribution in [0, 0.1) is 0 Å². The van der Waals surface area contributed by atoms with Crippen molar-refractivity contribution in [2.75, 3.05) is 9.80 Å². The minimum atomic E-state index is -2.07. The van der Waals surface area contributed by atoms with Gasteiger partial charge in [-0.2, -0.15) is 0 Å². The monoisotopic (exact) mass is 772 g/mol. The molecule has 0 N–H and O–H groups in total. The number of nitrogens with zero attached hydrogens (tertiary/aromatic N) is 2. The molecule has 0 amide bonds. The van der Waals surface area contributed by atoms with Crippen LogP contribution in [0.25, 0.3) is 54.6 Å². The lowest BCUT2D eigenvalue weighted by atomic mass is 9.90. The Balaban J connectivity index is 1.33. The Hall–Kier alpha value is -6.94. The van der Waals surface area contributed by atoms with E-state index in [0.717, 1.165) is 17.8 Å². The number of anilines is 5. The van der Waals surface area contributed by atoms with E-state index in [2.05, 4.69) is 235 Å². The van der Waals surface area contributed by atoms with Crippen molar-refractivity contribution in [2.45, 2.75) is 25.6 Å². The Labute approximate surface area is 347 Å². The fourth-order valence-electron chi connectivity index (χ4n) is 9.82. The molecule has 1 aliphatic carbocycles. The van der Waals surface area contributed by atoms with E-state index in [1.165, 1.54) is 82.0 Å².